The first-order valence-electron chi connectivity index (χ1n) is 6.27. The Bertz CT molecular complexity index is 390. The van der Waals surface area contributed by atoms with Gasteiger partial charge in [-0.15, -0.1) is 0 Å². The summed E-state index contributed by atoms with van der Waals surface area (Å²) in [6.07, 6.45) is 1.02. The van der Waals surface area contributed by atoms with Crippen LogP contribution in [0.1, 0.15) is 27.2 Å². The molecule has 3 heteroatoms. The molecule has 0 aliphatic carbocycles. The topological polar surface area (TPSA) is 15.3 Å². The van der Waals surface area contributed by atoms with Crippen molar-refractivity contribution in [2.45, 2.75) is 38.8 Å². The second-order valence-corrected chi connectivity index (χ2v) is 5.44. The molecule has 0 spiro atoms. The number of halogens is 1. The Morgan fingerprint density at radius 1 is 1.35 bits per heavy atom. The SMILES string of the molecule is CC1CNCCC(C)(C)N1c1ccccc1F. The molecule has 1 aromatic rings. The van der Waals surface area contributed by atoms with Crippen LogP contribution in [-0.2, 0) is 0 Å². The summed E-state index contributed by atoms with van der Waals surface area (Å²) >= 11 is 0. The third kappa shape index (κ3) is 2.44. The van der Waals surface area contributed by atoms with Gasteiger partial charge in [0.15, 0.2) is 0 Å². The Hall–Kier alpha value is -1.09. The second kappa shape index (κ2) is 4.65. The molecule has 1 N–H and O–H groups in total. The summed E-state index contributed by atoms with van der Waals surface area (Å²) in [6.45, 7) is 8.40. The van der Waals surface area contributed by atoms with Crippen molar-refractivity contribution in [3.63, 3.8) is 0 Å². The van der Waals surface area contributed by atoms with Crippen LogP contribution in [0.2, 0.25) is 0 Å². The lowest BCUT2D eigenvalue weighted by Gasteiger charge is -2.42. The summed E-state index contributed by atoms with van der Waals surface area (Å²) in [4.78, 5) is 2.21. The van der Waals surface area contributed by atoms with Gasteiger partial charge in [-0.2, -0.15) is 0 Å². The van der Waals surface area contributed by atoms with E-state index in [2.05, 4.69) is 31.0 Å². The number of para-hydroxylation sites is 1. The summed E-state index contributed by atoms with van der Waals surface area (Å²) in [7, 11) is 0. The van der Waals surface area contributed by atoms with Crippen LogP contribution >= 0.6 is 0 Å². The normalized spacial score (nSPS) is 24.5. The van der Waals surface area contributed by atoms with Crippen molar-refractivity contribution < 1.29 is 4.39 Å². The predicted octanol–water partition coefficient (Wildman–Crippen LogP) is 2.79. The first-order valence-corrected chi connectivity index (χ1v) is 6.27. The van der Waals surface area contributed by atoms with Crippen molar-refractivity contribution >= 4 is 5.69 Å². The molecular weight excluding hydrogens is 215 g/mol. The van der Waals surface area contributed by atoms with E-state index in [1.165, 1.54) is 6.07 Å². The Labute approximate surface area is 103 Å². The number of nitrogens with one attached hydrogen (secondary N) is 1. The maximum Gasteiger partial charge on any atom is 0.146 e. The van der Waals surface area contributed by atoms with Crippen LogP contribution in [0.15, 0.2) is 24.3 Å². The van der Waals surface area contributed by atoms with Gasteiger partial charge in [-0.3, -0.25) is 0 Å². The zero-order valence-corrected chi connectivity index (χ0v) is 10.8. The zero-order chi connectivity index (χ0) is 12.5. The summed E-state index contributed by atoms with van der Waals surface area (Å²) in [5, 5.41) is 3.41. The van der Waals surface area contributed by atoms with Crippen molar-refractivity contribution in [3.8, 4) is 0 Å². The number of hydrogen-bond donors (Lipinski definition) is 1. The minimum Gasteiger partial charge on any atom is -0.360 e. The van der Waals surface area contributed by atoms with Gasteiger partial charge >= 0.3 is 0 Å². The predicted molar refractivity (Wildman–Crippen MR) is 69.9 cm³/mol. The minimum absolute atomic E-state index is 0.0227. The molecule has 0 amide bonds. The summed E-state index contributed by atoms with van der Waals surface area (Å²) in [5.74, 6) is -0.130. The van der Waals surface area contributed by atoms with Crippen molar-refractivity contribution in [3.05, 3.63) is 30.1 Å². The highest BCUT2D eigenvalue weighted by Gasteiger charge is 2.33. The molecule has 1 aliphatic rings. The maximum absolute atomic E-state index is 14.0. The molecular formula is C14H21FN2. The second-order valence-electron chi connectivity index (χ2n) is 5.44. The van der Waals surface area contributed by atoms with E-state index in [0.29, 0.717) is 11.7 Å². The number of benzene rings is 1. The molecule has 1 unspecified atom stereocenters. The van der Waals surface area contributed by atoms with Crippen molar-refractivity contribution in [1.82, 2.24) is 5.32 Å². The van der Waals surface area contributed by atoms with E-state index < -0.39 is 0 Å². The van der Waals surface area contributed by atoms with E-state index in [1.807, 2.05) is 12.1 Å². The lowest BCUT2D eigenvalue weighted by atomic mass is 9.96. The molecule has 94 valence electrons. The molecule has 2 nitrogen and oxygen atoms in total. The quantitative estimate of drug-likeness (QED) is 0.806. The van der Waals surface area contributed by atoms with Crippen LogP contribution in [0, 0.1) is 5.82 Å². The monoisotopic (exact) mass is 236 g/mol. The highest BCUT2D eigenvalue weighted by atomic mass is 19.1. The minimum atomic E-state index is -0.130. The standard InChI is InChI=1S/C14H21FN2/c1-11-10-16-9-8-14(2,3)17(11)13-7-5-4-6-12(13)15/h4-7,11,16H,8-10H2,1-3H3. The summed E-state index contributed by atoms with van der Waals surface area (Å²) in [5.41, 5.74) is 0.694. The lowest BCUT2D eigenvalue weighted by molar-refractivity contribution is 0.419. The Morgan fingerprint density at radius 2 is 2.06 bits per heavy atom. The van der Waals surface area contributed by atoms with Crippen molar-refractivity contribution in [2.24, 2.45) is 0 Å². The molecule has 1 heterocycles. The molecule has 0 bridgehead atoms. The molecule has 1 aromatic carbocycles. The number of hydrogen-bond acceptors (Lipinski definition) is 2. The van der Waals surface area contributed by atoms with Gasteiger partial charge in [-0.1, -0.05) is 12.1 Å². The Kier molecular flexibility index (Phi) is 3.38. The van der Waals surface area contributed by atoms with Crippen LogP contribution in [-0.4, -0.2) is 24.7 Å². The van der Waals surface area contributed by atoms with Crippen molar-refractivity contribution in [1.29, 1.82) is 0 Å². The molecule has 2 rings (SSSR count). The van der Waals surface area contributed by atoms with Crippen LogP contribution in [0.3, 0.4) is 0 Å². The smallest absolute Gasteiger partial charge is 0.146 e. The van der Waals surface area contributed by atoms with Gasteiger partial charge in [0.05, 0.1) is 5.69 Å². The number of anilines is 1. The molecule has 0 saturated carbocycles. The molecule has 1 aliphatic heterocycles. The first-order chi connectivity index (χ1) is 8.02. The van der Waals surface area contributed by atoms with Gasteiger partial charge in [0, 0.05) is 18.1 Å². The third-order valence-electron chi connectivity index (χ3n) is 3.56. The van der Waals surface area contributed by atoms with Gasteiger partial charge in [0.1, 0.15) is 5.82 Å². The molecule has 1 saturated heterocycles. The van der Waals surface area contributed by atoms with Crippen molar-refractivity contribution in [2.75, 3.05) is 18.0 Å². The largest absolute Gasteiger partial charge is 0.360 e. The van der Waals surface area contributed by atoms with E-state index >= 15 is 0 Å². The molecule has 0 aromatic heterocycles. The van der Waals surface area contributed by atoms with Gasteiger partial charge in [-0.05, 0) is 45.9 Å². The number of rotatable bonds is 1. The van der Waals surface area contributed by atoms with Gasteiger partial charge in [-0.25, -0.2) is 4.39 Å². The van der Waals surface area contributed by atoms with E-state index in [4.69, 9.17) is 0 Å². The fraction of sp³-hybridized carbons (Fsp3) is 0.571. The highest BCUT2D eigenvalue weighted by Crippen LogP contribution is 2.31. The first kappa shape index (κ1) is 12.4. The average Bonchev–Trinajstić information content (AvgIpc) is 2.39. The molecule has 1 atom stereocenters. The van der Waals surface area contributed by atoms with Crippen LogP contribution in [0.25, 0.3) is 0 Å². The van der Waals surface area contributed by atoms with Gasteiger partial charge < -0.3 is 10.2 Å². The number of nitrogens with zero attached hydrogens (tertiary/aromatic N) is 1. The summed E-state index contributed by atoms with van der Waals surface area (Å²) in [6, 6.07) is 7.35. The van der Waals surface area contributed by atoms with E-state index in [0.717, 1.165) is 19.5 Å². The molecule has 17 heavy (non-hydrogen) atoms. The fourth-order valence-corrected chi connectivity index (χ4v) is 2.72. The lowest BCUT2D eigenvalue weighted by Crippen LogP contribution is -2.50. The third-order valence-corrected chi connectivity index (χ3v) is 3.56. The Morgan fingerprint density at radius 3 is 2.76 bits per heavy atom. The average molecular weight is 236 g/mol. The van der Waals surface area contributed by atoms with Crippen LogP contribution in [0.5, 0.6) is 0 Å². The van der Waals surface area contributed by atoms with E-state index in [9.17, 15) is 4.39 Å². The molecule has 1 fully saturated rings. The highest BCUT2D eigenvalue weighted by molar-refractivity contribution is 5.51. The summed E-state index contributed by atoms with van der Waals surface area (Å²) < 4.78 is 14.0. The molecule has 0 radical (unpaired) electrons. The van der Waals surface area contributed by atoms with Crippen LogP contribution in [0.4, 0.5) is 10.1 Å². The van der Waals surface area contributed by atoms with Gasteiger partial charge in [0.25, 0.3) is 0 Å². The van der Waals surface area contributed by atoms with E-state index in [1.54, 1.807) is 6.07 Å². The maximum atomic E-state index is 14.0. The fourth-order valence-electron chi connectivity index (χ4n) is 2.72. The zero-order valence-electron chi connectivity index (χ0n) is 10.8. The Balaban J connectivity index is 2.42. The van der Waals surface area contributed by atoms with Gasteiger partial charge in [0.2, 0.25) is 0 Å². The van der Waals surface area contributed by atoms with Crippen LogP contribution < -0.4 is 10.2 Å². The van der Waals surface area contributed by atoms with E-state index in [-0.39, 0.29) is 11.4 Å².